The molecule has 41 heteroatoms. The Morgan fingerprint density at radius 2 is 0.879 bits per heavy atom. The number of ether oxygens (including phenoxy) is 1. The number of nitrogens with one attached hydrogen (secondary N) is 1. The lowest BCUT2D eigenvalue weighted by Crippen LogP contribution is -2.35. The van der Waals surface area contributed by atoms with Gasteiger partial charge in [0.25, 0.3) is 20.0 Å². The van der Waals surface area contributed by atoms with Crippen LogP contribution in [0.15, 0.2) is 231 Å². The molecule has 26 nitrogen and oxygen atoms in total. The Labute approximate surface area is 863 Å². The largest absolute Gasteiger partial charge is 0.505 e. The maximum absolute atomic E-state index is 13.4. The predicted molar refractivity (Wildman–Crippen MR) is 590 cm³/mol. The van der Waals surface area contributed by atoms with Gasteiger partial charge in [-0.05, 0) is 151 Å². The molecular formula is C100H98N16O10S15. The Morgan fingerprint density at radius 1 is 0.454 bits per heavy atom. The average Bonchev–Trinajstić information content (AvgIpc) is 1.59. The summed E-state index contributed by atoms with van der Waals surface area (Å²) in [6.07, 6.45) is 14.4. The van der Waals surface area contributed by atoms with Gasteiger partial charge in [0.15, 0.2) is 19.9 Å². The van der Waals surface area contributed by atoms with E-state index < -0.39 is 52.4 Å². The van der Waals surface area contributed by atoms with E-state index in [9.17, 15) is 39.7 Å². The predicted octanol–water partition coefficient (Wildman–Crippen LogP) is 25.3. The number of rotatable bonds is 28. The molecule has 0 amide bonds. The third-order valence-electron chi connectivity index (χ3n) is 23.0. The smallest absolute Gasteiger partial charge is 0.254 e. The summed E-state index contributed by atoms with van der Waals surface area (Å²) < 4.78 is 106. The van der Waals surface area contributed by atoms with E-state index in [0.717, 1.165) is 192 Å². The van der Waals surface area contributed by atoms with E-state index in [1.165, 1.54) is 56.7 Å². The van der Waals surface area contributed by atoms with Gasteiger partial charge in [0, 0.05) is 102 Å². The van der Waals surface area contributed by atoms with Crippen LogP contribution in [0.5, 0.6) is 11.5 Å². The van der Waals surface area contributed by atoms with Crippen LogP contribution in [0.2, 0.25) is 0 Å². The number of hydrogen-bond acceptors (Lipinski definition) is 32. The Bertz CT molecular complexity index is 8100. The van der Waals surface area contributed by atoms with Crippen LogP contribution in [-0.2, 0) is 71.3 Å². The first-order chi connectivity index (χ1) is 68.3. The summed E-state index contributed by atoms with van der Waals surface area (Å²) in [4.78, 5) is 48.0. The molecule has 0 spiro atoms. The highest BCUT2D eigenvalue weighted by Crippen LogP contribution is 2.52. The van der Waals surface area contributed by atoms with Gasteiger partial charge in [0.2, 0.25) is 0 Å². The Hall–Kier alpha value is -10.8. The molecule has 0 aliphatic carbocycles. The first-order valence-corrected chi connectivity index (χ1v) is 60.4. The lowest BCUT2D eigenvalue weighted by molar-refractivity contribution is 0.196. The minimum absolute atomic E-state index is 0.00919. The lowest BCUT2D eigenvalue weighted by atomic mass is 10.0. The van der Waals surface area contributed by atoms with Crippen LogP contribution in [0.4, 0.5) is 17.1 Å². The number of nitrogen functional groups attached to an aromatic ring is 3. The number of nitrogens with two attached hydrogens (primary N) is 3. The lowest BCUT2D eigenvalue weighted by Gasteiger charge is -2.25. The maximum Gasteiger partial charge on any atom is 0.254 e. The summed E-state index contributed by atoms with van der Waals surface area (Å²) in [5.74, 6) is 2.18. The van der Waals surface area contributed by atoms with Crippen molar-refractivity contribution in [2.45, 2.75) is 114 Å². The van der Waals surface area contributed by atoms with Gasteiger partial charge >= 0.3 is 0 Å². The Kier molecular flexibility index (Phi) is 32.8. The molecule has 1 saturated heterocycles. The van der Waals surface area contributed by atoms with Crippen LogP contribution in [0, 0.1) is 13.8 Å². The summed E-state index contributed by atoms with van der Waals surface area (Å²) in [6, 6.07) is 51.8. The van der Waals surface area contributed by atoms with Crippen LogP contribution < -0.4 is 21.9 Å². The number of hydrogen-bond donors (Lipinski definition) is 6. The van der Waals surface area contributed by atoms with E-state index >= 15 is 0 Å². The number of aromatic nitrogens is 11. The van der Waals surface area contributed by atoms with Crippen molar-refractivity contribution in [1.29, 1.82) is 0 Å². The number of sulfonamides is 2. The summed E-state index contributed by atoms with van der Waals surface area (Å²) in [5, 5.41) is 36.8. The second-order valence-electron chi connectivity index (χ2n) is 32.4. The van der Waals surface area contributed by atoms with Crippen LogP contribution in [0.3, 0.4) is 0 Å². The van der Waals surface area contributed by atoms with Crippen molar-refractivity contribution < 1.29 is 44.4 Å². The first-order valence-electron chi connectivity index (χ1n) is 45.1. The Morgan fingerprint density at radius 3 is 1.32 bits per heavy atom. The number of anilines is 3. The van der Waals surface area contributed by atoms with Crippen molar-refractivity contribution >= 4 is 234 Å². The van der Waals surface area contributed by atoms with Crippen LogP contribution in [0.1, 0.15) is 90.6 Å². The van der Waals surface area contributed by atoms with Crippen LogP contribution in [0.25, 0.3) is 160 Å². The summed E-state index contributed by atoms with van der Waals surface area (Å²) in [6.45, 7) is 13.8. The standard InChI is InChI=1S/C22H21N3O2S3.C21H19NO2S3.C20H19N3O2S3.C19H21N5OS3.C18H18N4O3S3/c23-20-19-16(15-8-3-1-4-9-15)14-17(18-10-7-13-28-18)24-21(19)29-22(20)30(26,27)25-11-5-2-6-12-25;1-2-3-12-27(24)21-19(23)18-15(14-8-5-4-6-9-14)13-16(22-20(18)26-21)17-10-7-11-25-17;1-2-10-22-28(24,25)20-18(21)17-14(13-7-4-3-5-8-13)12-15(23-19(17)27-20)16-9-6-11-26-16;1-4-5-8-28(25)19-15(20)14-12(16-11(2)22-10-24(16)3)9-13(23-18(14)27-19)17-21-6-7-26-17;1-4-25-9-28(24)18-15(23)14-11(13-8-20-10(2)22(13)3)7-12(21-17(14)27-18)16-19-5-6-26-16/h1,3-4,7-10,13-14H,2,5-6,11-12,23H2;4-11,13,23H,2-3,12H2,1H3;3-9,11-12,22H,2,10,21H2,1H3;6-7,9-10H,4-5,8,20H2,1-3H3;5-8,23H,4,9H2,1-3H3. The second-order valence-corrected chi connectivity index (χ2v) is 51.3. The number of thiophene rings is 8. The van der Waals surface area contributed by atoms with Gasteiger partial charge in [-0.2, -0.15) is 4.31 Å². The van der Waals surface area contributed by atoms with Crippen molar-refractivity contribution in [2.75, 3.05) is 60.9 Å². The molecule has 17 aromatic heterocycles. The van der Waals surface area contributed by atoms with Crippen LogP contribution >= 0.6 is 113 Å². The molecular weight excluding hydrogens is 2070 g/mol. The van der Waals surface area contributed by atoms with Gasteiger partial charge in [0.1, 0.15) is 69.9 Å². The molecule has 20 aromatic rings. The molecule has 18 heterocycles. The Balaban J connectivity index is 0.000000121. The third kappa shape index (κ3) is 21.9. The maximum atomic E-state index is 13.4. The van der Waals surface area contributed by atoms with E-state index in [0.29, 0.717) is 105 Å². The van der Waals surface area contributed by atoms with Crippen molar-refractivity contribution in [1.82, 2.24) is 63.0 Å². The average molecular weight is 2160 g/mol. The summed E-state index contributed by atoms with van der Waals surface area (Å²) in [5.41, 5.74) is 34.8. The molecule has 0 bridgehead atoms. The molecule has 9 N–H and O–H groups in total. The minimum Gasteiger partial charge on any atom is -0.505 e. The zero-order valence-corrected chi connectivity index (χ0v) is 89.9. The van der Waals surface area contributed by atoms with Gasteiger partial charge in [-0.15, -0.1) is 113 Å². The molecule has 141 heavy (non-hydrogen) atoms. The van der Waals surface area contributed by atoms with E-state index in [2.05, 4.69) is 43.5 Å². The van der Waals surface area contributed by atoms with Crippen molar-refractivity contribution in [3.63, 3.8) is 0 Å². The highest BCUT2D eigenvalue weighted by Gasteiger charge is 2.35. The van der Waals surface area contributed by atoms with E-state index in [-0.39, 0.29) is 31.5 Å². The minimum atomic E-state index is -3.67. The van der Waals surface area contributed by atoms with Gasteiger partial charge in [0.05, 0.1) is 122 Å². The highest BCUT2D eigenvalue weighted by atomic mass is 32.3. The quantitative estimate of drug-likeness (QED) is 0.0265. The molecule has 21 rings (SSSR count). The number of pyridine rings is 5. The van der Waals surface area contributed by atoms with Gasteiger partial charge in [-0.1, -0.05) is 149 Å². The molecule has 3 aromatic carbocycles. The molecule has 1 fully saturated rings. The zero-order valence-electron chi connectivity index (χ0n) is 77.7. The normalized spacial score (nSPS) is 13.1. The fourth-order valence-corrected chi connectivity index (χ4v) is 32.9. The summed E-state index contributed by atoms with van der Waals surface area (Å²) in [7, 11) is -7.21. The van der Waals surface area contributed by atoms with E-state index in [4.69, 9.17) is 41.9 Å². The number of aryl methyl sites for hydroxylation is 3. The van der Waals surface area contributed by atoms with Crippen molar-refractivity contribution in [3.8, 4) is 121 Å². The molecule has 3 unspecified atom stereocenters. The number of fused-ring (bicyclic) bond motifs is 5. The van der Waals surface area contributed by atoms with E-state index in [1.54, 1.807) is 74.6 Å². The molecule has 3 atom stereocenters. The number of unbranched alkanes of at least 4 members (excludes halogenated alkanes) is 2. The zero-order chi connectivity index (χ0) is 98.9. The van der Waals surface area contributed by atoms with E-state index in [1.807, 2.05) is 236 Å². The topological polar surface area (TPSA) is 388 Å². The number of piperidine rings is 1. The number of aromatic hydroxyl groups is 2. The van der Waals surface area contributed by atoms with Crippen LogP contribution in [-0.4, -0.2) is 142 Å². The monoisotopic (exact) mass is 2160 g/mol. The van der Waals surface area contributed by atoms with Gasteiger partial charge in [-0.3, -0.25) is 12.6 Å². The fraction of sp³-hybridized carbons (Fsp3) is 0.230. The SMILES string of the molecule is CCCCS(=O)c1sc2nc(-c3cccs3)cc(-c3ccccc3)c2c1O.CCCCS(=O)c1sc2nc(-c3nccs3)cc(-c3c(C)ncn3C)c2c1N.CCCNS(=O)(=O)c1sc2nc(-c3cccs3)cc(-c3ccccc3)c2c1N.CCOCS(=O)c1sc2nc(-c3nccs3)cc(-c3cnc(C)n3C)c2c1O.Nc1c(S(=O)(=O)N2CCCCC2)sc2nc(-c3cccs3)cc(-c3ccccc3)c12. The molecule has 0 saturated carbocycles. The third-order valence-corrected chi connectivity index (χ3v) is 42.5. The van der Waals surface area contributed by atoms with Crippen molar-refractivity contribution in [3.05, 3.63) is 221 Å². The highest BCUT2D eigenvalue weighted by molar-refractivity contribution is 7.92. The first kappa shape index (κ1) is 102. The summed E-state index contributed by atoms with van der Waals surface area (Å²) >= 11 is 14.2. The molecule has 0 radical (unpaired) electrons. The molecule has 1 aliphatic rings. The number of benzene rings is 3. The van der Waals surface area contributed by atoms with Gasteiger partial charge < -0.3 is 41.3 Å². The van der Waals surface area contributed by atoms with Crippen molar-refractivity contribution in [2.24, 2.45) is 14.1 Å². The van der Waals surface area contributed by atoms with Gasteiger partial charge in [-0.25, -0.2) is 66.4 Å². The molecule has 728 valence electrons. The number of imidazole rings is 2. The fourth-order valence-electron chi connectivity index (χ4n) is 15.9. The number of thiazole rings is 2. The second kappa shape index (κ2) is 45.4. The number of nitrogens with zero attached hydrogens (tertiary/aromatic N) is 12. The molecule has 1 aliphatic heterocycles.